The van der Waals surface area contributed by atoms with Gasteiger partial charge in [-0.15, -0.1) is 0 Å². The van der Waals surface area contributed by atoms with Crippen LogP contribution >= 0.6 is 0 Å². The predicted molar refractivity (Wildman–Crippen MR) is 63.2 cm³/mol. The van der Waals surface area contributed by atoms with E-state index in [2.05, 4.69) is 5.32 Å². The SMILES string of the molecule is CC(=O)COCC(=O)NCCOCCOCCO. The Kier molecular flexibility index (Phi) is 11.7. The molecule has 0 aromatic rings. The van der Waals surface area contributed by atoms with Gasteiger partial charge >= 0.3 is 0 Å². The monoisotopic (exact) mass is 263 g/mol. The van der Waals surface area contributed by atoms with E-state index in [1.165, 1.54) is 6.92 Å². The summed E-state index contributed by atoms with van der Waals surface area (Å²) in [5, 5.41) is 11.0. The quantitative estimate of drug-likeness (QED) is 0.427. The van der Waals surface area contributed by atoms with Crippen LogP contribution in [0.1, 0.15) is 6.92 Å². The number of amides is 1. The third kappa shape index (κ3) is 13.0. The average molecular weight is 263 g/mol. The summed E-state index contributed by atoms with van der Waals surface area (Å²) in [6.45, 7) is 3.09. The number of aliphatic hydroxyl groups is 1. The van der Waals surface area contributed by atoms with Crippen LogP contribution in [-0.2, 0) is 23.8 Å². The van der Waals surface area contributed by atoms with E-state index in [4.69, 9.17) is 19.3 Å². The Balaban J connectivity index is 3.17. The number of hydrogen-bond donors (Lipinski definition) is 2. The zero-order chi connectivity index (χ0) is 13.6. The molecule has 0 fully saturated rings. The molecule has 18 heavy (non-hydrogen) atoms. The second-order valence-corrected chi connectivity index (χ2v) is 3.49. The summed E-state index contributed by atoms with van der Waals surface area (Å²) in [6, 6.07) is 0. The van der Waals surface area contributed by atoms with Gasteiger partial charge in [0.1, 0.15) is 13.2 Å². The first kappa shape index (κ1) is 17.0. The van der Waals surface area contributed by atoms with E-state index in [0.717, 1.165) is 0 Å². The molecule has 0 atom stereocenters. The van der Waals surface area contributed by atoms with Crippen molar-refractivity contribution < 1.29 is 28.9 Å². The van der Waals surface area contributed by atoms with Gasteiger partial charge in [0.2, 0.25) is 5.91 Å². The predicted octanol–water partition coefficient (Wildman–Crippen LogP) is -1.27. The summed E-state index contributed by atoms with van der Waals surface area (Å²) >= 11 is 0. The van der Waals surface area contributed by atoms with E-state index in [9.17, 15) is 9.59 Å². The molecular weight excluding hydrogens is 242 g/mol. The molecule has 0 heterocycles. The Morgan fingerprint density at radius 3 is 2.28 bits per heavy atom. The zero-order valence-electron chi connectivity index (χ0n) is 10.6. The first-order valence-corrected chi connectivity index (χ1v) is 5.77. The highest BCUT2D eigenvalue weighted by atomic mass is 16.5. The summed E-state index contributed by atoms with van der Waals surface area (Å²) < 4.78 is 15.0. The van der Waals surface area contributed by atoms with Crippen molar-refractivity contribution in [1.29, 1.82) is 0 Å². The van der Waals surface area contributed by atoms with Crippen LogP contribution in [0, 0.1) is 0 Å². The van der Waals surface area contributed by atoms with Gasteiger partial charge in [-0.3, -0.25) is 9.59 Å². The van der Waals surface area contributed by atoms with Crippen LogP contribution in [0.5, 0.6) is 0 Å². The second-order valence-electron chi connectivity index (χ2n) is 3.49. The van der Waals surface area contributed by atoms with Crippen molar-refractivity contribution in [2.75, 3.05) is 52.8 Å². The molecule has 1 amide bonds. The molecule has 0 aliphatic carbocycles. The first-order chi connectivity index (χ1) is 8.66. The highest BCUT2D eigenvalue weighted by Gasteiger charge is 2.01. The number of ether oxygens (including phenoxy) is 3. The summed E-state index contributed by atoms with van der Waals surface area (Å²) in [4.78, 5) is 21.7. The first-order valence-electron chi connectivity index (χ1n) is 5.77. The van der Waals surface area contributed by atoms with E-state index >= 15 is 0 Å². The highest BCUT2D eigenvalue weighted by molar-refractivity contribution is 5.79. The minimum Gasteiger partial charge on any atom is -0.394 e. The van der Waals surface area contributed by atoms with E-state index in [1.54, 1.807) is 0 Å². The lowest BCUT2D eigenvalue weighted by atomic mass is 10.5. The van der Waals surface area contributed by atoms with Crippen LogP contribution in [0.2, 0.25) is 0 Å². The highest BCUT2D eigenvalue weighted by Crippen LogP contribution is 1.80. The van der Waals surface area contributed by atoms with Crippen molar-refractivity contribution in [2.45, 2.75) is 6.92 Å². The molecule has 2 N–H and O–H groups in total. The van der Waals surface area contributed by atoms with Crippen LogP contribution < -0.4 is 5.32 Å². The number of hydrogen-bond acceptors (Lipinski definition) is 6. The van der Waals surface area contributed by atoms with Crippen molar-refractivity contribution in [3.63, 3.8) is 0 Å². The third-order valence-electron chi connectivity index (χ3n) is 1.71. The minimum atomic E-state index is -0.281. The molecule has 106 valence electrons. The molecule has 0 saturated heterocycles. The topological polar surface area (TPSA) is 94.1 Å². The molecule has 0 saturated carbocycles. The van der Waals surface area contributed by atoms with Gasteiger partial charge in [-0.1, -0.05) is 0 Å². The molecule has 0 aliphatic rings. The van der Waals surface area contributed by atoms with Crippen LogP contribution in [0.15, 0.2) is 0 Å². The summed E-state index contributed by atoms with van der Waals surface area (Å²) in [5.41, 5.74) is 0. The van der Waals surface area contributed by atoms with Gasteiger partial charge in [-0.25, -0.2) is 0 Å². The van der Waals surface area contributed by atoms with Crippen LogP contribution in [0.25, 0.3) is 0 Å². The molecule has 7 nitrogen and oxygen atoms in total. The maximum Gasteiger partial charge on any atom is 0.246 e. The van der Waals surface area contributed by atoms with Gasteiger partial charge < -0.3 is 24.6 Å². The number of carbonyl (C=O) groups excluding carboxylic acids is 2. The fraction of sp³-hybridized carbons (Fsp3) is 0.818. The maximum absolute atomic E-state index is 11.1. The van der Waals surface area contributed by atoms with E-state index < -0.39 is 0 Å². The summed E-state index contributed by atoms with van der Waals surface area (Å²) in [5.74, 6) is -0.398. The van der Waals surface area contributed by atoms with Gasteiger partial charge in [0, 0.05) is 6.54 Å². The number of rotatable bonds is 12. The summed E-state index contributed by atoms with van der Waals surface area (Å²) in [6.07, 6.45) is 0. The lowest BCUT2D eigenvalue weighted by Crippen LogP contribution is -2.31. The standard InChI is InChI=1S/C11H21NO6/c1-10(14)8-18-9-11(15)12-2-4-16-6-7-17-5-3-13/h13H,2-9H2,1H3,(H,12,15). The molecule has 0 radical (unpaired) electrons. The Bertz CT molecular complexity index is 234. The zero-order valence-corrected chi connectivity index (χ0v) is 10.6. The van der Waals surface area contributed by atoms with Crippen molar-refractivity contribution in [3.8, 4) is 0 Å². The molecule has 0 rings (SSSR count). The lowest BCUT2D eigenvalue weighted by molar-refractivity contribution is -0.129. The van der Waals surface area contributed by atoms with Crippen LogP contribution in [-0.4, -0.2) is 69.6 Å². The fourth-order valence-electron chi connectivity index (χ4n) is 0.988. The number of nitrogens with one attached hydrogen (secondary N) is 1. The van der Waals surface area contributed by atoms with Crippen LogP contribution in [0.3, 0.4) is 0 Å². The minimum absolute atomic E-state index is 0.00365. The second kappa shape index (κ2) is 12.4. The van der Waals surface area contributed by atoms with Gasteiger partial charge in [-0.2, -0.15) is 0 Å². The smallest absolute Gasteiger partial charge is 0.246 e. The number of Topliss-reactive ketones (excluding diaryl/α,β-unsaturated/α-hetero) is 1. The molecule has 0 spiro atoms. The summed E-state index contributed by atoms with van der Waals surface area (Å²) in [7, 11) is 0. The van der Waals surface area contributed by atoms with E-state index in [1.807, 2.05) is 0 Å². The Morgan fingerprint density at radius 2 is 1.67 bits per heavy atom. The van der Waals surface area contributed by atoms with Gasteiger partial charge in [0.15, 0.2) is 5.78 Å². The lowest BCUT2D eigenvalue weighted by Gasteiger charge is -2.06. The Morgan fingerprint density at radius 1 is 1.00 bits per heavy atom. The van der Waals surface area contributed by atoms with E-state index in [0.29, 0.717) is 33.0 Å². The fourth-order valence-corrected chi connectivity index (χ4v) is 0.988. The van der Waals surface area contributed by atoms with Crippen molar-refractivity contribution in [1.82, 2.24) is 5.32 Å². The molecular formula is C11H21NO6. The molecule has 0 aromatic carbocycles. The van der Waals surface area contributed by atoms with Gasteiger partial charge in [0.05, 0.1) is 33.0 Å². The molecule has 0 aliphatic heterocycles. The molecule has 0 unspecified atom stereocenters. The van der Waals surface area contributed by atoms with Gasteiger partial charge in [-0.05, 0) is 6.92 Å². The van der Waals surface area contributed by atoms with Gasteiger partial charge in [0.25, 0.3) is 0 Å². The van der Waals surface area contributed by atoms with Crippen molar-refractivity contribution >= 4 is 11.7 Å². The molecule has 7 heteroatoms. The largest absolute Gasteiger partial charge is 0.394 e. The van der Waals surface area contributed by atoms with Crippen molar-refractivity contribution in [3.05, 3.63) is 0 Å². The van der Waals surface area contributed by atoms with Crippen LogP contribution in [0.4, 0.5) is 0 Å². The Labute approximate surface area is 106 Å². The number of ketones is 1. The maximum atomic E-state index is 11.1. The number of carbonyl (C=O) groups is 2. The normalized spacial score (nSPS) is 10.3. The molecule has 0 aromatic heterocycles. The van der Waals surface area contributed by atoms with E-state index in [-0.39, 0.29) is 31.5 Å². The average Bonchev–Trinajstić information content (AvgIpc) is 2.32. The Hall–Kier alpha value is -1.02. The molecule has 0 bridgehead atoms. The third-order valence-corrected chi connectivity index (χ3v) is 1.71. The van der Waals surface area contributed by atoms with Crippen molar-refractivity contribution in [2.24, 2.45) is 0 Å². The number of aliphatic hydroxyl groups excluding tert-OH is 1.